The monoisotopic (exact) mass is 474 g/mol. The number of nitrogens with zero attached hydrogens (tertiary/aromatic N) is 2. The molecule has 1 aliphatic heterocycles. The summed E-state index contributed by atoms with van der Waals surface area (Å²) in [5, 5.41) is 5.71. The second kappa shape index (κ2) is 9.23. The Balaban J connectivity index is 1.59. The van der Waals surface area contributed by atoms with E-state index in [4.69, 9.17) is 11.6 Å². The Bertz CT molecular complexity index is 1260. The second-order valence-electron chi connectivity index (χ2n) is 7.25. The van der Waals surface area contributed by atoms with E-state index in [9.17, 15) is 17.6 Å². The van der Waals surface area contributed by atoms with Crippen molar-refractivity contribution in [1.29, 1.82) is 0 Å². The lowest BCUT2D eigenvalue weighted by Gasteiger charge is -2.17. The standard InChI is InChI=1S/C22H20ClFN4O3S/c23-19-9-8-17(14-20(19)32(30,31)28-11-1-2-12-28)27-22(29)18-7-4-10-25-21(18)26-16-6-3-5-15(24)13-16/h3-10,13-14H,1-2,11-12H2,(H,25,26)(H,27,29). The van der Waals surface area contributed by atoms with Crippen LogP contribution in [0.5, 0.6) is 0 Å². The first-order valence-corrected chi connectivity index (χ1v) is 11.7. The molecule has 1 aliphatic rings. The summed E-state index contributed by atoms with van der Waals surface area (Å²) in [6.45, 7) is 0.889. The number of rotatable bonds is 6. The number of halogens is 2. The number of nitrogens with one attached hydrogen (secondary N) is 2. The fourth-order valence-electron chi connectivity index (χ4n) is 3.44. The molecule has 0 spiro atoms. The first-order valence-electron chi connectivity index (χ1n) is 9.93. The molecule has 1 amide bonds. The fraction of sp³-hybridized carbons (Fsp3) is 0.182. The lowest BCUT2D eigenvalue weighted by Crippen LogP contribution is -2.28. The number of sulfonamides is 1. The molecule has 32 heavy (non-hydrogen) atoms. The van der Waals surface area contributed by atoms with Crippen molar-refractivity contribution in [3.63, 3.8) is 0 Å². The van der Waals surface area contributed by atoms with E-state index in [0.29, 0.717) is 18.8 Å². The number of amides is 1. The third kappa shape index (κ3) is 4.74. The Hall–Kier alpha value is -3.01. The topological polar surface area (TPSA) is 91.4 Å². The average Bonchev–Trinajstić information content (AvgIpc) is 3.31. The van der Waals surface area contributed by atoms with Crippen molar-refractivity contribution in [2.45, 2.75) is 17.7 Å². The largest absolute Gasteiger partial charge is 0.339 e. The smallest absolute Gasteiger partial charge is 0.259 e. The summed E-state index contributed by atoms with van der Waals surface area (Å²) in [7, 11) is -3.76. The highest BCUT2D eigenvalue weighted by Gasteiger charge is 2.29. The van der Waals surface area contributed by atoms with Gasteiger partial charge in [0.2, 0.25) is 10.0 Å². The van der Waals surface area contributed by atoms with Gasteiger partial charge in [-0.3, -0.25) is 4.79 Å². The molecule has 0 bridgehead atoms. The van der Waals surface area contributed by atoms with Crippen molar-refractivity contribution >= 4 is 44.7 Å². The molecule has 1 fully saturated rings. The van der Waals surface area contributed by atoms with Crippen LogP contribution in [0.1, 0.15) is 23.2 Å². The van der Waals surface area contributed by atoms with Crippen LogP contribution in [0.2, 0.25) is 5.02 Å². The molecule has 0 aliphatic carbocycles. The maximum atomic E-state index is 13.5. The van der Waals surface area contributed by atoms with E-state index in [0.717, 1.165) is 12.8 Å². The van der Waals surface area contributed by atoms with Crippen molar-refractivity contribution in [2.24, 2.45) is 0 Å². The van der Waals surface area contributed by atoms with Crippen molar-refractivity contribution in [3.8, 4) is 0 Å². The molecule has 0 saturated carbocycles. The molecular formula is C22H20ClFN4O3S. The lowest BCUT2D eigenvalue weighted by molar-refractivity contribution is 0.102. The number of hydrogen-bond acceptors (Lipinski definition) is 5. The average molecular weight is 475 g/mol. The molecule has 10 heteroatoms. The van der Waals surface area contributed by atoms with E-state index in [1.54, 1.807) is 18.2 Å². The number of hydrogen-bond donors (Lipinski definition) is 2. The normalized spacial score (nSPS) is 14.3. The van der Waals surface area contributed by atoms with E-state index in [2.05, 4.69) is 15.6 Å². The van der Waals surface area contributed by atoms with E-state index >= 15 is 0 Å². The first kappa shape index (κ1) is 22.2. The number of aromatic nitrogens is 1. The number of carbonyl (C=O) groups is 1. The molecule has 0 unspecified atom stereocenters. The van der Waals surface area contributed by atoms with Gasteiger partial charge in [-0.2, -0.15) is 4.31 Å². The molecule has 1 saturated heterocycles. The van der Waals surface area contributed by atoms with Crippen LogP contribution in [0.4, 0.5) is 21.6 Å². The third-order valence-electron chi connectivity index (χ3n) is 5.01. The maximum absolute atomic E-state index is 13.5. The molecule has 2 N–H and O–H groups in total. The summed E-state index contributed by atoms with van der Waals surface area (Å²) in [5.41, 5.74) is 0.914. The highest BCUT2D eigenvalue weighted by Crippen LogP contribution is 2.30. The van der Waals surface area contributed by atoms with Gasteiger partial charge in [0.05, 0.1) is 10.6 Å². The minimum absolute atomic E-state index is 0.0526. The molecule has 1 aromatic heterocycles. The Morgan fingerprint density at radius 2 is 1.81 bits per heavy atom. The van der Waals surface area contributed by atoms with E-state index < -0.39 is 21.7 Å². The molecule has 0 radical (unpaired) electrons. The molecular weight excluding hydrogens is 455 g/mol. The lowest BCUT2D eigenvalue weighted by atomic mass is 10.2. The summed E-state index contributed by atoms with van der Waals surface area (Å²) in [6, 6.07) is 13.2. The highest BCUT2D eigenvalue weighted by atomic mass is 35.5. The van der Waals surface area contributed by atoms with Crippen LogP contribution in [0, 0.1) is 5.82 Å². The summed E-state index contributed by atoms with van der Waals surface area (Å²) in [6.07, 6.45) is 3.10. The summed E-state index contributed by atoms with van der Waals surface area (Å²) < 4.78 is 40.7. The van der Waals surface area contributed by atoms with Crippen molar-refractivity contribution in [2.75, 3.05) is 23.7 Å². The molecule has 3 aromatic rings. The van der Waals surface area contributed by atoms with Crippen LogP contribution >= 0.6 is 11.6 Å². The summed E-state index contributed by atoms with van der Waals surface area (Å²) >= 11 is 6.17. The Labute approximate surface area is 190 Å². The molecule has 4 rings (SSSR count). The van der Waals surface area contributed by atoms with Gasteiger partial charge in [-0.05, 0) is 61.4 Å². The van der Waals surface area contributed by atoms with Gasteiger partial charge < -0.3 is 10.6 Å². The number of benzene rings is 2. The SMILES string of the molecule is O=C(Nc1ccc(Cl)c(S(=O)(=O)N2CCCC2)c1)c1cccnc1Nc1cccc(F)c1. The van der Waals surface area contributed by atoms with Crippen LogP contribution in [-0.2, 0) is 10.0 Å². The van der Waals surface area contributed by atoms with E-state index in [1.165, 1.54) is 46.9 Å². The number of pyridine rings is 1. The van der Waals surface area contributed by atoms with Gasteiger partial charge in [0.25, 0.3) is 5.91 Å². The van der Waals surface area contributed by atoms with Crippen LogP contribution in [-0.4, -0.2) is 36.7 Å². The van der Waals surface area contributed by atoms with Crippen LogP contribution in [0.3, 0.4) is 0 Å². The zero-order chi connectivity index (χ0) is 22.7. The zero-order valence-corrected chi connectivity index (χ0v) is 18.5. The fourth-order valence-corrected chi connectivity index (χ4v) is 5.45. The van der Waals surface area contributed by atoms with Crippen LogP contribution in [0.25, 0.3) is 0 Å². The van der Waals surface area contributed by atoms with Crippen molar-refractivity contribution in [3.05, 3.63) is 77.2 Å². The van der Waals surface area contributed by atoms with E-state index in [1.807, 2.05) is 0 Å². The highest BCUT2D eigenvalue weighted by molar-refractivity contribution is 7.89. The zero-order valence-electron chi connectivity index (χ0n) is 16.9. The van der Waals surface area contributed by atoms with Gasteiger partial charge in [-0.25, -0.2) is 17.8 Å². The van der Waals surface area contributed by atoms with Crippen LogP contribution in [0.15, 0.2) is 65.7 Å². The van der Waals surface area contributed by atoms with Gasteiger partial charge in [-0.15, -0.1) is 0 Å². The van der Waals surface area contributed by atoms with Crippen molar-refractivity contribution in [1.82, 2.24) is 9.29 Å². The molecule has 2 aromatic carbocycles. The third-order valence-corrected chi connectivity index (χ3v) is 7.39. The summed E-state index contributed by atoms with van der Waals surface area (Å²) in [4.78, 5) is 17.1. The number of anilines is 3. The van der Waals surface area contributed by atoms with Gasteiger partial charge in [0.15, 0.2) is 0 Å². The van der Waals surface area contributed by atoms with Gasteiger partial charge in [-0.1, -0.05) is 17.7 Å². The minimum Gasteiger partial charge on any atom is -0.339 e. The Morgan fingerprint density at radius 3 is 2.56 bits per heavy atom. The minimum atomic E-state index is -3.76. The predicted molar refractivity (Wildman–Crippen MR) is 121 cm³/mol. The molecule has 166 valence electrons. The quantitative estimate of drug-likeness (QED) is 0.542. The van der Waals surface area contributed by atoms with Crippen LogP contribution < -0.4 is 10.6 Å². The second-order valence-corrected chi connectivity index (χ2v) is 9.56. The van der Waals surface area contributed by atoms with Gasteiger partial charge >= 0.3 is 0 Å². The summed E-state index contributed by atoms with van der Waals surface area (Å²) in [5.74, 6) is -0.705. The van der Waals surface area contributed by atoms with Gasteiger partial charge in [0, 0.05) is 30.7 Å². The Morgan fingerprint density at radius 1 is 1.03 bits per heavy atom. The van der Waals surface area contributed by atoms with E-state index in [-0.39, 0.29) is 27.0 Å². The van der Waals surface area contributed by atoms with Crippen molar-refractivity contribution < 1.29 is 17.6 Å². The first-order chi connectivity index (χ1) is 15.3. The predicted octanol–water partition coefficient (Wildman–Crippen LogP) is 4.65. The van der Waals surface area contributed by atoms with Gasteiger partial charge in [0.1, 0.15) is 16.5 Å². The Kier molecular flexibility index (Phi) is 6.40. The maximum Gasteiger partial charge on any atom is 0.259 e. The number of carbonyl (C=O) groups excluding carboxylic acids is 1. The molecule has 0 atom stereocenters. The molecule has 2 heterocycles. The molecule has 7 nitrogen and oxygen atoms in total.